The van der Waals surface area contributed by atoms with Crippen LogP contribution in [0.15, 0.2) is 77.7 Å². The van der Waals surface area contributed by atoms with E-state index in [1.807, 2.05) is 39.8 Å². The molecular formula is C31H38ClN3O5S. The molecule has 0 saturated carbocycles. The third-order valence-electron chi connectivity index (χ3n) is 6.95. The van der Waals surface area contributed by atoms with E-state index in [9.17, 15) is 18.0 Å². The first-order chi connectivity index (χ1) is 19.5. The van der Waals surface area contributed by atoms with Crippen LogP contribution in [0.5, 0.6) is 5.75 Å². The van der Waals surface area contributed by atoms with Gasteiger partial charge in [0.15, 0.2) is 0 Å². The first-order valence-corrected chi connectivity index (χ1v) is 15.4. The van der Waals surface area contributed by atoms with Crippen LogP contribution in [0.4, 0.5) is 5.69 Å². The van der Waals surface area contributed by atoms with Crippen LogP contribution in [0.1, 0.15) is 44.7 Å². The Balaban J connectivity index is 2.06. The fourth-order valence-corrected chi connectivity index (χ4v) is 5.88. The molecule has 3 rings (SSSR count). The Morgan fingerprint density at radius 2 is 1.63 bits per heavy atom. The standard InChI is InChI=1S/C31H38ClN3O5S/c1-6-23(4)33-31(37)29(7-2)34(20-24-14-17-26(40-5)18-15-24)30(36)21-35(25-16-13-22(3)28(32)19-25)41(38,39)27-11-9-8-10-12-27/h8-19,23,29H,6-7,20-21H2,1-5H3,(H,33,37). The molecule has 0 fully saturated rings. The number of amides is 2. The molecule has 2 amide bonds. The minimum atomic E-state index is -4.16. The van der Waals surface area contributed by atoms with E-state index in [1.165, 1.54) is 23.1 Å². The summed E-state index contributed by atoms with van der Waals surface area (Å²) in [5.74, 6) is -0.160. The van der Waals surface area contributed by atoms with Gasteiger partial charge in [0.1, 0.15) is 18.3 Å². The predicted molar refractivity (Wildman–Crippen MR) is 163 cm³/mol. The largest absolute Gasteiger partial charge is 0.497 e. The van der Waals surface area contributed by atoms with Gasteiger partial charge in [-0.3, -0.25) is 13.9 Å². The average molecular weight is 600 g/mol. The van der Waals surface area contributed by atoms with Crippen molar-refractivity contribution in [2.45, 2.75) is 64.1 Å². The molecule has 41 heavy (non-hydrogen) atoms. The summed E-state index contributed by atoms with van der Waals surface area (Å²) in [5.41, 5.74) is 1.79. The van der Waals surface area contributed by atoms with Crippen LogP contribution in [0.25, 0.3) is 0 Å². The lowest BCUT2D eigenvalue weighted by molar-refractivity contribution is -0.140. The summed E-state index contributed by atoms with van der Waals surface area (Å²) in [7, 11) is -2.59. The van der Waals surface area contributed by atoms with E-state index in [0.717, 1.165) is 21.9 Å². The van der Waals surface area contributed by atoms with Gasteiger partial charge < -0.3 is 15.0 Å². The number of nitrogens with one attached hydrogen (secondary N) is 1. The molecule has 0 aromatic heterocycles. The van der Waals surface area contributed by atoms with Crippen molar-refractivity contribution in [3.8, 4) is 5.75 Å². The first-order valence-electron chi connectivity index (χ1n) is 13.6. The number of halogens is 1. The summed E-state index contributed by atoms with van der Waals surface area (Å²) < 4.78 is 34.1. The van der Waals surface area contributed by atoms with E-state index in [0.29, 0.717) is 17.2 Å². The number of benzene rings is 3. The number of aryl methyl sites for hydroxylation is 1. The summed E-state index contributed by atoms with van der Waals surface area (Å²) in [6, 6.07) is 19.1. The third-order valence-corrected chi connectivity index (χ3v) is 9.15. The number of hydrogen-bond donors (Lipinski definition) is 1. The number of carbonyl (C=O) groups excluding carboxylic acids is 2. The molecule has 0 aliphatic carbocycles. The van der Waals surface area contributed by atoms with Gasteiger partial charge in [-0.15, -0.1) is 0 Å². The Kier molecular flexibility index (Phi) is 11.2. The number of ether oxygens (including phenoxy) is 1. The molecule has 10 heteroatoms. The van der Waals surface area contributed by atoms with E-state index < -0.39 is 28.5 Å². The van der Waals surface area contributed by atoms with Crippen LogP contribution < -0.4 is 14.4 Å². The second-order valence-electron chi connectivity index (χ2n) is 9.87. The van der Waals surface area contributed by atoms with Crippen molar-refractivity contribution in [1.29, 1.82) is 0 Å². The van der Waals surface area contributed by atoms with Gasteiger partial charge in [0.25, 0.3) is 10.0 Å². The Morgan fingerprint density at radius 3 is 2.20 bits per heavy atom. The van der Waals surface area contributed by atoms with Crippen molar-refractivity contribution >= 4 is 39.1 Å². The van der Waals surface area contributed by atoms with Gasteiger partial charge in [0, 0.05) is 17.6 Å². The SMILES string of the molecule is CCC(C)NC(=O)C(CC)N(Cc1ccc(OC)cc1)C(=O)CN(c1ccc(C)c(Cl)c1)S(=O)(=O)c1ccccc1. The van der Waals surface area contributed by atoms with Crippen LogP contribution in [-0.2, 0) is 26.2 Å². The maximum atomic E-state index is 14.1. The summed E-state index contributed by atoms with van der Waals surface area (Å²) in [4.78, 5) is 29.0. The van der Waals surface area contributed by atoms with Gasteiger partial charge in [-0.05, 0) is 74.2 Å². The highest BCUT2D eigenvalue weighted by Crippen LogP contribution is 2.29. The lowest BCUT2D eigenvalue weighted by Gasteiger charge is -2.33. The molecular weight excluding hydrogens is 562 g/mol. The van der Waals surface area contributed by atoms with Crippen LogP contribution in [0.3, 0.4) is 0 Å². The summed E-state index contributed by atoms with van der Waals surface area (Å²) in [6.45, 7) is 7.07. The van der Waals surface area contributed by atoms with Crippen molar-refractivity contribution in [3.05, 3.63) is 88.9 Å². The molecule has 0 heterocycles. The molecule has 8 nitrogen and oxygen atoms in total. The van der Waals surface area contributed by atoms with E-state index >= 15 is 0 Å². The molecule has 2 atom stereocenters. The lowest BCUT2D eigenvalue weighted by atomic mass is 10.1. The number of nitrogens with zero attached hydrogens (tertiary/aromatic N) is 2. The van der Waals surface area contributed by atoms with Crippen molar-refractivity contribution in [3.63, 3.8) is 0 Å². The number of anilines is 1. The first kappa shape index (κ1) is 32.0. The molecule has 220 valence electrons. The fourth-order valence-electron chi connectivity index (χ4n) is 4.27. The maximum absolute atomic E-state index is 14.1. The molecule has 0 spiro atoms. The Labute approximate surface area is 248 Å². The van der Waals surface area contributed by atoms with E-state index in [-0.39, 0.29) is 29.1 Å². The second kappa shape index (κ2) is 14.4. The lowest BCUT2D eigenvalue weighted by Crippen LogP contribution is -2.53. The number of sulfonamides is 1. The van der Waals surface area contributed by atoms with Crippen LogP contribution in [0, 0.1) is 6.92 Å². The summed E-state index contributed by atoms with van der Waals surface area (Å²) in [5, 5.41) is 3.35. The molecule has 1 N–H and O–H groups in total. The summed E-state index contributed by atoms with van der Waals surface area (Å²) >= 11 is 6.38. The zero-order valence-electron chi connectivity index (χ0n) is 24.1. The Bertz CT molecular complexity index is 1430. The Morgan fingerprint density at radius 1 is 0.976 bits per heavy atom. The maximum Gasteiger partial charge on any atom is 0.264 e. The van der Waals surface area contributed by atoms with Gasteiger partial charge in [0.05, 0.1) is 17.7 Å². The van der Waals surface area contributed by atoms with Crippen molar-refractivity contribution in [1.82, 2.24) is 10.2 Å². The van der Waals surface area contributed by atoms with E-state index in [1.54, 1.807) is 49.6 Å². The minimum absolute atomic E-state index is 0.0350. The second-order valence-corrected chi connectivity index (χ2v) is 12.1. The van der Waals surface area contributed by atoms with Gasteiger partial charge in [0.2, 0.25) is 11.8 Å². The number of methoxy groups -OCH3 is 1. The fraction of sp³-hybridized carbons (Fsp3) is 0.355. The third kappa shape index (κ3) is 8.01. The van der Waals surface area contributed by atoms with Gasteiger partial charge in [-0.2, -0.15) is 0 Å². The monoisotopic (exact) mass is 599 g/mol. The molecule has 0 aliphatic rings. The zero-order chi connectivity index (χ0) is 30.2. The molecule has 3 aromatic carbocycles. The van der Waals surface area contributed by atoms with Crippen LogP contribution in [0.2, 0.25) is 5.02 Å². The highest BCUT2D eigenvalue weighted by atomic mass is 35.5. The number of hydrogen-bond acceptors (Lipinski definition) is 5. The topological polar surface area (TPSA) is 96.0 Å². The number of rotatable bonds is 13. The van der Waals surface area contributed by atoms with Gasteiger partial charge >= 0.3 is 0 Å². The van der Waals surface area contributed by atoms with E-state index in [2.05, 4.69) is 5.32 Å². The van der Waals surface area contributed by atoms with Gasteiger partial charge in [-0.25, -0.2) is 8.42 Å². The highest BCUT2D eigenvalue weighted by Gasteiger charge is 2.34. The van der Waals surface area contributed by atoms with Crippen LogP contribution in [-0.4, -0.2) is 50.9 Å². The van der Waals surface area contributed by atoms with Crippen molar-refractivity contribution < 1.29 is 22.7 Å². The minimum Gasteiger partial charge on any atom is -0.497 e. The molecule has 3 aromatic rings. The highest BCUT2D eigenvalue weighted by molar-refractivity contribution is 7.92. The molecule has 2 unspecified atom stereocenters. The molecule has 0 aliphatic heterocycles. The smallest absolute Gasteiger partial charge is 0.264 e. The zero-order valence-corrected chi connectivity index (χ0v) is 25.7. The molecule has 0 radical (unpaired) electrons. The predicted octanol–water partition coefficient (Wildman–Crippen LogP) is 5.57. The molecule has 0 saturated heterocycles. The molecule has 0 bridgehead atoms. The van der Waals surface area contributed by atoms with Gasteiger partial charge in [-0.1, -0.05) is 61.8 Å². The van der Waals surface area contributed by atoms with Crippen molar-refractivity contribution in [2.24, 2.45) is 0 Å². The summed E-state index contributed by atoms with van der Waals surface area (Å²) in [6.07, 6.45) is 1.07. The normalized spacial score (nSPS) is 12.7. The van der Waals surface area contributed by atoms with E-state index in [4.69, 9.17) is 16.3 Å². The van der Waals surface area contributed by atoms with Crippen molar-refractivity contribution in [2.75, 3.05) is 18.0 Å². The average Bonchev–Trinajstić information content (AvgIpc) is 2.97. The Hall–Kier alpha value is -3.56. The number of carbonyl (C=O) groups is 2. The van der Waals surface area contributed by atoms with Crippen LogP contribution >= 0.6 is 11.6 Å². The quantitative estimate of drug-likeness (QED) is 0.277.